The fraction of sp³-hybridized carbons (Fsp3) is 0.500. The van der Waals surface area contributed by atoms with E-state index >= 15 is 0 Å². The van der Waals surface area contributed by atoms with Gasteiger partial charge >= 0.3 is 0 Å². The van der Waals surface area contributed by atoms with Gasteiger partial charge in [0.2, 0.25) is 0 Å². The molecular formula is C12H17BrN2O. The van der Waals surface area contributed by atoms with Crippen LogP contribution in [0.5, 0.6) is 0 Å². The number of halogens is 1. The molecule has 0 amide bonds. The van der Waals surface area contributed by atoms with Crippen LogP contribution in [0.4, 0.5) is 11.4 Å². The molecule has 1 atom stereocenters. The van der Waals surface area contributed by atoms with Gasteiger partial charge in [-0.1, -0.05) is 0 Å². The summed E-state index contributed by atoms with van der Waals surface area (Å²) in [6.07, 6.45) is 0.808. The highest BCUT2D eigenvalue weighted by molar-refractivity contribution is 9.10. The van der Waals surface area contributed by atoms with Crippen LogP contribution in [-0.4, -0.2) is 23.8 Å². The SMILES string of the molecule is Cc1cc(N2CCC(C)(O)C2)c(Br)cc1N. The number of hydrogen-bond acceptors (Lipinski definition) is 3. The molecule has 1 saturated heterocycles. The molecule has 0 saturated carbocycles. The van der Waals surface area contributed by atoms with Gasteiger partial charge in [-0.3, -0.25) is 0 Å². The van der Waals surface area contributed by atoms with E-state index in [1.165, 1.54) is 0 Å². The fourth-order valence-electron chi connectivity index (χ4n) is 2.07. The number of hydrogen-bond donors (Lipinski definition) is 2. The zero-order valence-electron chi connectivity index (χ0n) is 9.63. The summed E-state index contributed by atoms with van der Waals surface area (Å²) in [6, 6.07) is 4.00. The van der Waals surface area contributed by atoms with Gasteiger partial charge in [-0.05, 0) is 53.9 Å². The van der Waals surface area contributed by atoms with Gasteiger partial charge in [-0.2, -0.15) is 0 Å². The van der Waals surface area contributed by atoms with E-state index in [2.05, 4.69) is 26.9 Å². The smallest absolute Gasteiger partial charge is 0.0810 e. The van der Waals surface area contributed by atoms with Crippen molar-refractivity contribution in [3.63, 3.8) is 0 Å². The lowest BCUT2D eigenvalue weighted by Crippen LogP contribution is -2.29. The number of aliphatic hydroxyl groups is 1. The van der Waals surface area contributed by atoms with Gasteiger partial charge in [0.05, 0.1) is 11.3 Å². The van der Waals surface area contributed by atoms with Crippen LogP contribution >= 0.6 is 15.9 Å². The minimum absolute atomic E-state index is 0.575. The minimum Gasteiger partial charge on any atom is -0.398 e. The Kier molecular flexibility index (Phi) is 2.88. The second-order valence-corrected chi connectivity index (χ2v) is 5.68. The molecule has 0 aliphatic carbocycles. The predicted octanol–water partition coefficient (Wildman–Crippen LogP) is 2.30. The first-order valence-electron chi connectivity index (χ1n) is 5.42. The first-order chi connectivity index (χ1) is 7.39. The lowest BCUT2D eigenvalue weighted by atomic mass is 10.1. The van der Waals surface area contributed by atoms with Crippen molar-refractivity contribution in [1.82, 2.24) is 0 Å². The third kappa shape index (κ3) is 2.18. The molecule has 0 bridgehead atoms. The molecule has 0 aromatic heterocycles. The molecule has 0 spiro atoms. The highest BCUT2D eigenvalue weighted by Crippen LogP contribution is 2.34. The summed E-state index contributed by atoms with van der Waals surface area (Å²) in [5.41, 5.74) is 8.25. The van der Waals surface area contributed by atoms with Gasteiger partial charge in [-0.15, -0.1) is 0 Å². The molecule has 16 heavy (non-hydrogen) atoms. The van der Waals surface area contributed by atoms with E-state index in [1.54, 1.807) is 0 Å². The zero-order valence-corrected chi connectivity index (χ0v) is 11.2. The zero-order chi connectivity index (χ0) is 11.9. The third-order valence-corrected chi connectivity index (χ3v) is 3.76. The summed E-state index contributed by atoms with van der Waals surface area (Å²) in [5.74, 6) is 0. The summed E-state index contributed by atoms with van der Waals surface area (Å²) in [7, 11) is 0. The van der Waals surface area contributed by atoms with Gasteiger partial charge in [0.1, 0.15) is 0 Å². The number of nitrogens with two attached hydrogens (primary N) is 1. The molecule has 3 nitrogen and oxygen atoms in total. The summed E-state index contributed by atoms with van der Waals surface area (Å²) in [4.78, 5) is 2.19. The van der Waals surface area contributed by atoms with Crippen LogP contribution in [0.25, 0.3) is 0 Å². The first kappa shape index (κ1) is 11.7. The van der Waals surface area contributed by atoms with Crippen molar-refractivity contribution in [2.45, 2.75) is 25.9 Å². The van der Waals surface area contributed by atoms with Crippen LogP contribution in [0.15, 0.2) is 16.6 Å². The molecule has 4 heteroatoms. The van der Waals surface area contributed by atoms with Crippen LogP contribution in [0, 0.1) is 6.92 Å². The third-order valence-electron chi connectivity index (χ3n) is 3.13. The molecule has 1 unspecified atom stereocenters. The maximum absolute atomic E-state index is 9.96. The average Bonchev–Trinajstić information content (AvgIpc) is 2.52. The predicted molar refractivity (Wildman–Crippen MR) is 70.7 cm³/mol. The largest absolute Gasteiger partial charge is 0.398 e. The Labute approximate surface area is 104 Å². The van der Waals surface area contributed by atoms with Gasteiger partial charge in [-0.25, -0.2) is 0 Å². The average molecular weight is 285 g/mol. The quantitative estimate of drug-likeness (QED) is 0.778. The maximum Gasteiger partial charge on any atom is 0.0810 e. The van der Waals surface area contributed by atoms with Gasteiger partial charge in [0.25, 0.3) is 0 Å². The Bertz CT molecular complexity index is 418. The van der Waals surface area contributed by atoms with Crippen LogP contribution in [0.3, 0.4) is 0 Å². The van der Waals surface area contributed by atoms with E-state index in [-0.39, 0.29) is 0 Å². The van der Waals surface area contributed by atoms with E-state index in [1.807, 2.05) is 19.9 Å². The van der Waals surface area contributed by atoms with E-state index in [9.17, 15) is 5.11 Å². The van der Waals surface area contributed by atoms with Crippen molar-refractivity contribution in [2.24, 2.45) is 0 Å². The van der Waals surface area contributed by atoms with Crippen molar-refractivity contribution < 1.29 is 5.11 Å². The van der Waals surface area contributed by atoms with Crippen molar-refractivity contribution >= 4 is 27.3 Å². The Morgan fingerprint density at radius 2 is 2.19 bits per heavy atom. The summed E-state index contributed by atoms with van der Waals surface area (Å²) >= 11 is 3.53. The summed E-state index contributed by atoms with van der Waals surface area (Å²) in [5, 5.41) is 9.96. The van der Waals surface area contributed by atoms with Gasteiger partial charge in [0, 0.05) is 23.2 Å². The van der Waals surface area contributed by atoms with Crippen molar-refractivity contribution in [3.8, 4) is 0 Å². The van der Waals surface area contributed by atoms with Crippen molar-refractivity contribution in [3.05, 3.63) is 22.2 Å². The molecule has 88 valence electrons. The number of nitrogens with zero attached hydrogens (tertiary/aromatic N) is 1. The number of anilines is 2. The molecule has 0 radical (unpaired) electrons. The molecule has 1 aliphatic heterocycles. The molecule has 1 aliphatic rings. The number of benzene rings is 1. The van der Waals surface area contributed by atoms with Gasteiger partial charge in [0.15, 0.2) is 0 Å². The molecular weight excluding hydrogens is 268 g/mol. The van der Waals surface area contributed by atoms with Crippen LogP contribution in [0.1, 0.15) is 18.9 Å². The molecule has 1 heterocycles. The van der Waals surface area contributed by atoms with Crippen LogP contribution in [-0.2, 0) is 0 Å². The molecule has 3 N–H and O–H groups in total. The Hall–Kier alpha value is -0.740. The lowest BCUT2D eigenvalue weighted by molar-refractivity contribution is 0.0839. The monoisotopic (exact) mass is 284 g/mol. The van der Waals surface area contributed by atoms with E-state index < -0.39 is 5.60 Å². The summed E-state index contributed by atoms with van der Waals surface area (Å²) < 4.78 is 0.994. The Morgan fingerprint density at radius 3 is 2.75 bits per heavy atom. The molecule has 2 rings (SSSR count). The normalized spacial score (nSPS) is 25.1. The highest BCUT2D eigenvalue weighted by atomic mass is 79.9. The van der Waals surface area contributed by atoms with Gasteiger partial charge < -0.3 is 15.7 Å². The number of rotatable bonds is 1. The van der Waals surface area contributed by atoms with Crippen LogP contribution < -0.4 is 10.6 Å². The topological polar surface area (TPSA) is 49.5 Å². The Balaban J connectivity index is 2.32. The Morgan fingerprint density at radius 1 is 1.50 bits per heavy atom. The number of aryl methyl sites for hydroxylation is 1. The highest BCUT2D eigenvalue weighted by Gasteiger charge is 2.32. The van der Waals surface area contributed by atoms with Crippen LogP contribution in [0.2, 0.25) is 0 Å². The second kappa shape index (κ2) is 3.93. The van der Waals surface area contributed by atoms with E-state index in [0.29, 0.717) is 6.54 Å². The van der Waals surface area contributed by atoms with Crippen molar-refractivity contribution in [2.75, 3.05) is 23.7 Å². The number of β-amino-alcohol motifs (C(OH)–C–C–N with tert-alkyl or cyclic N) is 1. The van der Waals surface area contributed by atoms with Crippen molar-refractivity contribution in [1.29, 1.82) is 0 Å². The minimum atomic E-state index is -0.575. The van der Waals surface area contributed by atoms with E-state index in [0.717, 1.165) is 34.4 Å². The molecule has 1 aromatic rings. The van der Waals surface area contributed by atoms with E-state index in [4.69, 9.17) is 5.73 Å². The summed E-state index contributed by atoms with van der Waals surface area (Å²) in [6.45, 7) is 5.44. The number of nitrogen functional groups attached to an aromatic ring is 1. The first-order valence-corrected chi connectivity index (χ1v) is 6.21. The second-order valence-electron chi connectivity index (χ2n) is 4.83. The molecule has 1 fully saturated rings. The molecule has 1 aromatic carbocycles. The maximum atomic E-state index is 9.96. The fourth-order valence-corrected chi connectivity index (χ4v) is 2.69. The lowest BCUT2D eigenvalue weighted by Gasteiger charge is -2.23. The standard InChI is InChI=1S/C12H17BrN2O/c1-8-5-11(9(13)6-10(8)14)15-4-3-12(2,16)7-15/h5-6,16H,3-4,7,14H2,1-2H3.